The Morgan fingerprint density at radius 1 is 0.714 bits per heavy atom. The lowest BCUT2D eigenvalue weighted by Crippen LogP contribution is -2.51. The molecule has 2 aliphatic heterocycles. The highest BCUT2D eigenvalue weighted by Crippen LogP contribution is 2.44. The van der Waals surface area contributed by atoms with E-state index in [9.17, 15) is 9.59 Å². The van der Waals surface area contributed by atoms with E-state index in [1.807, 2.05) is 0 Å². The van der Waals surface area contributed by atoms with Crippen LogP contribution in [-0.2, 0) is 9.59 Å². The van der Waals surface area contributed by atoms with Crippen LogP contribution in [0.1, 0.15) is 68.2 Å². The number of nitrogens with zero attached hydrogens (tertiary/aromatic N) is 2. The summed E-state index contributed by atoms with van der Waals surface area (Å²) in [6.45, 7) is 18.2. The predicted molar refractivity (Wildman–Crippen MR) is 114 cm³/mol. The van der Waals surface area contributed by atoms with Crippen molar-refractivity contribution in [3.8, 4) is 0 Å². The van der Waals surface area contributed by atoms with Crippen molar-refractivity contribution in [1.29, 1.82) is 0 Å². The molecule has 2 N–H and O–H groups in total. The van der Waals surface area contributed by atoms with Crippen LogP contribution in [0.15, 0.2) is 0 Å². The van der Waals surface area contributed by atoms with Gasteiger partial charge in [-0.15, -0.1) is 0 Å². The van der Waals surface area contributed by atoms with Gasteiger partial charge >= 0.3 is 0 Å². The molecule has 2 saturated heterocycles. The molecule has 0 aromatic rings. The fourth-order valence-electron chi connectivity index (χ4n) is 5.24. The average molecular weight is 395 g/mol. The molecule has 0 aromatic carbocycles. The minimum Gasteiger partial charge on any atom is -0.354 e. The molecule has 162 valence electrons. The maximum atomic E-state index is 12.8. The van der Waals surface area contributed by atoms with Gasteiger partial charge in [0.25, 0.3) is 0 Å². The number of amides is 2. The predicted octanol–water partition coefficient (Wildman–Crippen LogP) is 2.24. The fourth-order valence-corrected chi connectivity index (χ4v) is 5.24. The van der Waals surface area contributed by atoms with Crippen LogP contribution in [-0.4, -0.2) is 71.0 Å². The third-order valence-corrected chi connectivity index (χ3v) is 8.01. The SMILES string of the molecule is CN1C(C)(C)CC(C(=O)NCCNC(=O)C2CC(C)(C)N(C)C2(C)C)C1(C)C. The highest BCUT2D eigenvalue weighted by molar-refractivity contribution is 5.82. The molecule has 2 aliphatic rings. The number of likely N-dealkylation sites (tertiary alicyclic amines) is 2. The van der Waals surface area contributed by atoms with Crippen LogP contribution in [0.25, 0.3) is 0 Å². The number of carbonyl (C=O) groups excluding carboxylic acids is 2. The van der Waals surface area contributed by atoms with Crippen molar-refractivity contribution < 1.29 is 9.59 Å². The Bertz CT molecular complexity index is 570. The van der Waals surface area contributed by atoms with Crippen molar-refractivity contribution in [2.45, 2.75) is 90.4 Å². The second kappa shape index (κ2) is 7.28. The molecule has 0 bridgehead atoms. The maximum Gasteiger partial charge on any atom is 0.225 e. The summed E-state index contributed by atoms with van der Waals surface area (Å²) >= 11 is 0. The molecule has 2 heterocycles. The van der Waals surface area contributed by atoms with Gasteiger partial charge in [0.1, 0.15) is 0 Å². The molecular weight excluding hydrogens is 352 g/mol. The summed E-state index contributed by atoms with van der Waals surface area (Å²) in [7, 11) is 4.19. The monoisotopic (exact) mass is 394 g/mol. The van der Waals surface area contributed by atoms with Gasteiger partial charge in [-0.1, -0.05) is 0 Å². The Balaban J connectivity index is 1.85. The van der Waals surface area contributed by atoms with Gasteiger partial charge in [0.2, 0.25) is 11.8 Å². The van der Waals surface area contributed by atoms with Gasteiger partial charge < -0.3 is 10.6 Å². The lowest BCUT2D eigenvalue weighted by Gasteiger charge is -2.38. The highest BCUT2D eigenvalue weighted by Gasteiger charge is 2.53. The smallest absolute Gasteiger partial charge is 0.225 e. The Kier molecular flexibility index (Phi) is 6.02. The van der Waals surface area contributed by atoms with Crippen LogP contribution in [0.5, 0.6) is 0 Å². The summed E-state index contributed by atoms with van der Waals surface area (Å²) in [6.07, 6.45) is 1.68. The Morgan fingerprint density at radius 3 is 1.21 bits per heavy atom. The molecule has 2 unspecified atom stereocenters. The number of nitrogens with one attached hydrogen (secondary N) is 2. The van der Waals surface area contributed by atoms with E-state index in [1.165, 1.54) is 0 Å². The van der Waals surface area contributed by atoms with E-state index in [0.717, 1.165) is 12.8 Å². The molecule has 6 nitrogen and oxygen atoms in total. The van der Waals surface area contributed by atoms with E-state index in [0.29, 0.717) is 13.1 Å². The van der Waals surface area contributed by atoms with Crippen LogP contribution in [0.3, 0.4) is 0 Å². The van der Waals surface area contributed by atoms with Crippen LogP contribution >= 0.6 is 0 Å². The van der Waals surface area contributed by atoms with Gasteiger partial charge in [0.05, 0.1) is 11.8 Å². The zero-order valence-corrected chi connectivity index (χ0v) is 19.7. The van der Waals surface area contributed by atoms with Crippen molar-refractivity contribution >= 4 is 11.8 Å². The van der Waals surface area contributed by atoms with Crippen LogP contribution in [0.4, 0.5) is 0 Å². The second-order valence-electron chi connectivity index (χ2n) is 11.1. The van der Waals surface area contributed by atoms with Gasteiger partial charge in [-0.25, -0.2) is 0 Å². The van der Waals surface area contributed by atoms with Crippen molar-refractivity contribution in [3.63, 3.8) is 0 Å². The summed E-state index contributed by atoms with van der Waals surface area (Å²) in [5.41, 5.74) is -0.346. The Hall–Kier alpha value is -1.14. The zero-order valence-electron chi connectivity index (χ0n) is 19.7. The minimum atomic E-state index is -0.180. The molecule has 2 rings (SSSR count). The summed E-state index contributed by atoms with van der Waals surface area (Å²) in [4.78, 5) is 30.1. The van der Waals surface area contributed by atoms with Crippen molar-refractivity contribution in [1.82, 2.24) is 20.4 Å². The molecule has 0 spiro atoms. The lowest BCUT2D eigenvalue weighted by molar-refractivity contribution is -0.129. The van der Waals surface area contributed by atoms with Crippen molar-refractivity contribution in [2.24, 2.45) is 11.8 Å². The Labute approximate surface area is 171 Å². The quantitative estimate of drug-likeness (QED) is 0.702. The maximum absolute atomic E-state index is 12.8. The number of carbonyl (C=O) groups is 2. The van der Waals surface area contributed by atoms with E-state index in [-0.39, 0.29) is 45.8 Å². The van der Waals surface area contributed by atoms with Crippen LogP contribution < -0.4 is 10.6 Å². The topological polar surface area (TPSA) is 64.7 Å². The zero-order chi connectivity index (χ0) is 21.7. The summed E-state index contributed by atoms with van der Waals surface area (Å²) < 4.78 is 0. The van der Waals surface area contributed by atoms with Crippen molar-refractivity contribution in [2.75, 3.05) is 27.2 Å². The molecule has 2 atom stereocenters. The highest BCUT2D eigenvalue weighted by atomic mass is 16.2. The third kappa shape index (κ3) is 3.95. The van der Waals surface area contributed by atoms with E-state index in [2.05, 4.69) is 89.9 Å². The first kappa shape index (κ1) is 23.1. The van der Waals surface area contributed by atoms with E-state index in [1.54, 1.807) is 0 Å². The standard InChI is InChI=1S/C22H42N4O2/c1-19(2)13-15(21(5,6)25(19)9)17(27)23-11-12-24-18(28)16-14-20(3,4)26(10)22(16,7)8/h15-16H,11-14H2,1-10H3,(H,23,27)(H,24,28). The second-order valence-corrected chi connectivity index (χ2v) is 11.1. The van der Waals surface area contributed by atoms with Gasteiger partial charge in [0.15, 0.2) is 0 Å². The molecular formula is C22H42N4O2. The summed E-state index contributed by atoms with van der Waals surface area (Å²) in [5, 5.41) is 6.08. The van der Waals surface area contributed by atoms with E-state index >= 15 is 0 Å². The molecule has 2 amide bonds. The molecule has 6 heteroatoms. The first-order valence-electron chi connectivity index (χ1n) is 10.6. The molecule has 0 aromatic heterocycles. The van der Waals surface area contributed by atoms with Crippen LogP contribution in [0.2, 0.25) is 0 Å². The number of hydrogen-bond donors (Lipinski definition) is 2. The first-order chi connectivity index (χ1) is 12.5. The Morgan fingerprint density at radius 2 is 1.00 bits per heavy atom. The van der Waals surface area contributed by atoms with Gasteiger partial charge in [0, 0.05) is 35.2 Å². The minimum absolute atomic E-state index is 0.00656. The average Bonchev–Trinajstić information content (AvgIpc) is 2.85. The molecule has 0 radical (unpaired) electrons. The van der Waals surface area contributed by atoms with Crippen LogP contribution in [0, 0.1) is 11.8 Å². The number of rotatable bonds is 5. The number of hydrogen-bond acceptors (Lipinski definition) is 4. The van der Waals surface area contributed by atoms with Gasteiger partial charge in [-0.2, -0.15) is 0 Å². The summed E-state index contributed by atoms with van der Waals surface area (Å²) in [6, 6.07) is 0. The normalized spacial score (nSPS) is 30.9. The first-order valence-corrected chi connectivity index (χ1v) is 10.6. The summed E-state index contributed by atoms with van der Waals surface area (Å²) in [5.74, 6) is 0.0651. The fraction of sp³-hybridized carbons (Fsp3) is 0.909. The third-order valence-electron chi connectivity index (χ3n) is 8.01. The van der Waals surface area contributed by atoms with E-state index < -0.39 is 0 Å². The molecule has 0 saturated carbocycles. The van der Waals surface area contributed by atoms with Crippen molar-refractivity contribution in [3.05, 3.63) is 0 Å². The largest absolute Gasteiger partial charge is 0.354 e. The molecule has 2 fully saturated rings. The van der Waals surface area contributed by atoms with Gasteiger partial charge in [-0.3, -0.25) is 19.4 Å². The molecule has 0 aliphatic carbocycles. The van der Waals surface area contributed by atoms with Gasteiger partial charge in [-0.05, 0) is 82.3 Å². The molecule has 28 heavy (non-hydrogen) atoms. The lowest BCUT2D eigenvalue weighted by atomic mass is 9.86. The van der Waals surface area contributed by atoms with E-state index in [4.69, 9.17) is 0 Å².